The van der Waals surface area contributed by atoms with Crippen molar-refractivity contribution in [3.05, 3.63) is 24.0 Å². The standard InChI is InChI=1S/C13H18F3N3O/c1-18-4-6-19(7-5-18)10-2-3-11(17-9-10)12(20)8-13(14,15)16/h2-3,9,12,20H,4-8H2,1H3. The molecular weight excluding hydrogens is 271 g/mol. The van der Waals surface area contributed by atoms with E-state index in [1.54, 1.807) is 6.07 Å². The highest BCUT2D eigenvalue weighted by atomic mass is 19.4. The molecule has 0 aromatic carbocycles. The molecule has 1 aromatic heterocycles. The lowest BCUT2D eigenvalue weighted by Gasteiger charge is -2.33. The molecule has 1 N–H and O–H groups in total. The number of rotatable bonds is 3. The normalized spacial score (nSPS) is 19.1. The fourth-order valence-corrected chi connectivity index (χ4v) is 2.17. The van der Waals surface area contributed by atoms with E-state index in [9.17, 15) is 18.3 Å². The molecule has 112 valence electrons. The molecule has 2 rings (SSSR count). The van der Waals surface area contributed by atoms with Gasteiger partial charge >= 0.3 is 6.18 Å². The van der Waals surface area contributed by atoms with Crippen molar-refractivity contribution in [3.8, 4) is 0 Å². The second-order valence-electron chi connectivity index (χ2n) is 5.07. The predicted octanol–water partition coefficient (Wildman–Crippen LogP) is 1.82. The fourth-order valence-electron chi connectivity index (χ4n) is 2.17. The minimum absolute atomic E-state index is 0.0557. The number of likely N-dealkylation sites (N-methyl/N-ethyl adjacent to an activating group) is 1. The van der Waals surface area contributed by atoms with Gasteiger partial charge in [-0.2, -0.15) is 13.2 Å². The molecule has 7 heteroatoms. The van der Waals surface area contributed by atoms with Crippen LogP contribution in [0.15, 0.2) is 18.3 Å². The van der Waals surface area contributed by atoms with Crippen LogP contribution in [0.2, 0.25) is 0 Å². The lowest BCUT2D eigenvalue weighted by atomic mass is 10.1. The molecule has 1 saturated heterocycles. The summed E-state index contributed by atoms with van der Waals surface area (Å²) in [5.74, 6) is 0. The van der Waals surface area contributed by atoms with Gasteiger partial charge in [0.25, 0.3) is 0 Å². The molecule has 0 saturated carbocycles. The zero-order valence-electron chi connectivity index (χ0n) is 11.3. The van der Waals surface area contributed by atoms with E-state index in [0.717, 1.165) is 31.9 Å². The smallest absolute Gasteiger partial charge is 0.386 e. The Bertz CT molecular complexity index is 427. The van der Waals surface area contributed by atoms with Crippen LogP contribution in [0.4, 0.5) is 18.9 Å². The van der Waals surface area contributed by atoms with Crippen molar-refractivity contribution < 1.29 is 18.3 Å². The van der Waals surface area contributed by atoms with Crippen molar-refractivity contribution >= 4 is 5.69 Å². The van der Waals surface area contributed by atoms with Crippen molar-refractivity contribution in [3.63, 3.8) is 0 Å². The molecule has 0 bridgehead atoms. The number of pyridine rings is 1. The van der Waals surface area contributed by atoms with Gasteiger partial charge in [-0.25, -0.2) is 0 Å². The third-order valence-corrected chi connectivity index (χ3v) is 3.41. The monoisotopic (exact) mass is 289 g/mol. The molecule has 20 heavy (non-hydrogen) atoms. The van der Waals surface area contributed by atoms with Gasteiger partial charge in [-0.1, -0.05) is 0 Å². The van der Waals surface area contributed by atoms with E-state index in [1.165, 1.54) is 12.3 Å². The summed E-state index contributed by atoms with van der Waals surface area (Å²) in [6.45, 7) is 3.61. The zero-order chi connectivity index (χ0) is 14.8. The van der Waals surface area contributed by atoms with E-state index in [-0.39, 0.29) is 5.69 Å². The molecule has 2 heterocycles. The Morgan fingerprint density at radius 1 is 1.25 bits per heavy atom. The Kier molecular flexibility index (Phi) is 4.49. The van der Waals surface area contributed by atoms with Crippen LogP contribution in [0.1, 0.15) is 18.2 Å². The number of hydrogen-bond acceptors (Lipinski definition) is 4. The molecule has 0 aliphatic carbocycles. The van der Waals surface area contributed by atoms with Crippen molar-refractivity contribution in [1.29, 1.82) is 0 Å². The van der Waals surface area contributed by atoms with E-state index < -0.39 is 18.7 Å². The second-order valence-corrected chi connectivity index (χ2v) is 5.07. The first-order valence-electron chi connectivity index (χ1n) is 6.49. The second kappa shape index (κ2) is 5.97. The van der Waals surface area contributed by atoms with Crippen LogP contribution in [0.5, 0.6) is 0 Å². The highest BCUT2D eigenvalue weighted by Crippen LogP contribution is 2.29. The maximum atomic E-state index is 12.2. The fraction of sp³-hybridized carbons (Fsp3) is 0.615. The van der Waals surface area contributed by atoms with Gasteiger partial charge in [0.1, 0.15) is 6.10 Å². The third kappa shape index (κ3) is 4.08. The number of aliphatic hydroxyl groups is 1. The summed E-state index contributed by atoms with van der Waals surface area (Å²) < 4.78 is 36.6. The Morgan fingerprint density at radius 3 is 2.40 bits per heavy atom. The largest absolute Gasteiger partial charge is 0.391 e. The molecule has 0 spiro atoms. The maximum Gasteiger partial charge on any atom is 0.391 e. The molecule has 1 aliphatic rings. The van der Waals surface area contributed by atoms with Gasteiger partial charge in [0.2, 0.25) is 0 Å². The van der Waals surface area contributed by atoms with Gasteiger partial charge < -0.3 is 14.9 Å². The van der Waals surface area contributed by atoms with Crippen LogP contribution >= 0.6 is 0 Å². The Morgan fingerprint density at radius 2 is 1.90 bits per heavy atom. The minimum Gasteiger partial charge on any atom is -0.386 e. The summed E-state index contributed by atoms with van der Waals surface area (Å²) in [5.41, 5.74) is 0.932. The van der Waals surface area contributed by atoms with Crippen LogP contribution < -0.4 is 4.90 Å². The van der Waals surface area contributed by atoms with Gasteiger partial charge in [-0.15, -0.1) is 0 Å². The van der Waals surface area contributed by atoms with Gasteiger partial charge in [-0.3, -0.25) is 4.98 Å². The topological polar surface area (TPSA) is 39.6 Å². The summed E-state index contributed by atoms with van der Waals surface area (Å²) in [6, 6.07) is 3.18. The van der Waals surface area contributed by atoms with Gasteiger partial charge in [0.05, 0.1) is 24.0 Å². The molecule has 0 radical (unpaired) electrons. The van der Waals surface area contributed by atoms with Crippen LogP contribution in [0.25, 0.3) is 0 Å². The Balaban J connectivity index is 1.99. The number of alkyl halides is 3. The van der Waals surface area contributed by atoms with Crippen molar-refractivity contribution in [2.75, 3.05) is 38.1 Å². The Hall–Kier alpha value is -1.34. The first-order chi connectivity index (χ1) is 9.35. The van der Waals surface area contributed by atoms with Gasteiger partial charge in [0.15, 0.2) is 0 Å². The number of halogens is 3. The highest BCUT2D eigenvalue weighted by Gasteiger charge is 2.32. The van der Waals surface area contributed by atoms with E-state index in [0.29, 0.717) is 0 Å². The number of aliphatic hydroxyl groups excluding tert-OH is 1. The van der Waals surface area contributed by atoms with Crippen LogP contribution in [-0.4, -0.2) is 54.4 Å². The molecular formula is C13H18F3N3O. The van der Waals surface area contributed by atoms with E-state index in [2.05, 4.69) is 14.8 Å². The number of piperazine rings is 1. The minimum atomic E-state index is -4.39. The molecule has 0 amide bonds. The zero-order valence-corrected chi connectivity index (χ0v) is 11.3. The van der Waals surface area contributed by atoms with Crippen molar-refractivity contribution in [2.45, 2.75) is 18.7 Å². The summed E-state index contributed by atoms with van der Waals surface area (Å²) in [5, 5.41) is 9.49. The molecule has 1 aliphatic heterocycles. The Labute approximate surface area is 115 Å². The number of nitrogens with zero attached hydrogens (tertiary/aromatic N) is 3. The predicted molar refractivity (Wildman–Crippen MR) is 69.6 cm³/mol. The van der Waals surface area contributed by atoms with E-state index in [1.807, 2.05) is 7.05 Å². The van der Waals surface area contributed by atoms with Crippen molar-refractivity contribution in [2.24, 2.45) is 0 Å². The molecule has 1 fully saturated rings. The summed E-state index contributed by atoms with van der Waals surface area (Å²) in [6.07, 6.45) is -5.73. The average Bonchev–Trinajstić information content (AvgIpc) is 2.38. The lowest BCUT2D eigenvalue weighted by Crippen LogP contribution is -2.44. The summed E-state index contributed by atoms with van der Waals surface area (Å²) in [4.78, 5) is 8.30. The van der Waals surface area contributed by atoms with E-state index >= 15 is 0 Å². The van der Waals surface area contributed by atoms with Gasteiger partial charge in [-0.05, 0) is 19.2 Å². The van der Waals surface area contributed by atoms with E-state index in [4.69, 9.17) is 0 Å². The summed E-state index contributed by atoms with van der Waals surface area (Å²) >= 11 is 0. The number of hydrogen-bond donors (Lipinski definition) is 1. The molecule has 1 atom stereocenters. The first kappa shape index (κ1) is 15.1. The van der Waals surface area contributed by atoms with Crippen molar-refractivity contribution in [1.82, 2.24) is 9.88 Å². The average molecular weight is 289 g/mol. The van der Waals surface area contributed by atoms with Crippen LogP contribution in [-0.2, 0) is 0 Å². The summed E-state index contributed by atoms with van der Waals surface area (Å²) in [7, 11) is 2.05. The number of aromatic nitrogens is 1. The van der Waals surface area contributed by atoms with Crippen LogP contribution in [0, 0.1) is 0 Å². The SMILES string of the molecule is CN1CCN(c2ccc(C(O)CC(F)(F)F)nc2)CC1. The molecule has 1 aromatic rings. The van der Waals surface area contributed by atoms with Gasteiger partial charge in [0, 0.05) is 26.2 Å². The van der Waals surface area contributed by atoms with Crippen LogP contribution in [0.3, 0.4) is 0 Å². The maximum absolute atomic E-state index is 12.2. The lowest BCUT2D eigenvalue weighted by molar-refractivity contribution is -0.154. The quantitative estimate of drug-likeness (QED) is 0.921. The number of anilines is 1. The molecule has 1 unspecified atom stereocenters. The molecule has 4 nitrogen and oxygen atoms in total. The highest BCUT2D eigenvalue weighted by molar-refractivity contribution is 5.45. The first-order valence-corrected chi connectivity index (χ1v) is 6.49. The third-order valence-electron chi connectivity index (χ3n) is 3.41.